The van der Waals surface area contributed by atoms with Crippen LogP contribution in [0.5, 0.6) is 0 Å². The number of alkyl halides is 3. The molecule has 2 aromatic carbocycles. The number of benzene rings is 2. The largest absolute Gasteiger partial charge is 0.463 e. The van der Waals surface area contributed by atoms with Crippen LogP contribution < -0.4 is 14.9 Å². The monoisotopic (exact) mass is 647 g/mol. The maximum absolute atomic E-state index is 14.3. The Kier molecular flexibility index (Phi) is 7.60. The van der Waals surface area contributed by atoms with Gasteiger partial charge in [-0.3, -0.25) is 9.36 Å². The van der Waals surface area contributed by atoms with E-state index in [1.165, 1.54) is 60.4 Å². The normalized spacial score (nSPS) is 15.6. The van der Waals surface area contributed by atoms with Gasteiger partial charge in [0.25, 0.3) is 5.56 Å². The number of rotatable bonds is 6. The van der Waals surface area contributed by atoms with Gasteiger partial charge in [0, 0.05) is 11.1 Å². The molecule has 0 radical (unpaired) electrons. The molecular formula is C28H17ClF3N3O4S3. The van der Waals surface area contributed by atoms with Gasteiger partial charge in [-0.1, -0.05) is 47.2 Å². The van der Waals surface area contributed by atoms with Crippen LogP contribution in [0.3, 0.4) is 0 Å². The van der Waals surface area contributed by atoms with Crippen LogP contribution >= 0.6 is 46.0 Å². The van der Waals surface area contributed by atoms with Crippen LogP contribution in [0, 0.1) is 0 Å². The van der Waals surface area contributed by atoms with Crippen LogP contribution in [-0.4, -0.2) is 28.3 Å². The molecule has 4 heterocycles. The van der Waals surface area contributed by atoms with Gasteiger partial charge < -0.3 is 9.15 Å². The Morgan fingerprint density at radius 2 is 1.90 bits per heavy atom. The van der Waals surface area contributed by atoms with Crippen LogP contribution in [0.2, 0.25) is 5.02 Å². The van der Waals surface area contributed by atoms with Crippen molar-refractivity contribution in [3.63, 3.8) is 0 Å². The number of esters is 1. The van der Waals surface area contributed by atoms with Crippen molar-refractivity contribution in [3.05, 3.63) is 108 Å². The minimum absolute atomic E-state index is 0.0743. The number of nitrogens with zero attached hydrogens (tertiary/aromatic N) is 3. The lowest BCUT2D eigenvalue weighted by molar-refractivity contribution is -0.140. The van der Waals surface area contributed by atoms with Gasteiger partial charge in [0.1, 0.15) is 5.76 Å². The number of para-hydroxylation sites is 1. The van der Waals surface area contributed by atoms with Crippen LogP contribution in [0.4, 0.5) is 13.2 Å². The van der Waals surface area contributed by atoms with Crippen LogP contribution in [0.25, 0.3) is 16.3 Å². The second kappa shape index (κ2) is 11.2. The lowest BCUT2D eigenvalue weighted by Crippen LogP contribution is -2.41. The number of allylic oxidation sites excluding steroid dienone is 1. The molecule has 1 atom stereocenters. The Hall–Kier alpha value is -3.65. The molecule has 0 bridgehead atoms. The topological polar surface area (TPSA) is 86.7 Å². The molecule has 3 aromatic heterocycles. The zero-order chi connectivity index (χ0) is 29.6. The number of halogens is 4. The molecule has 42 heavy (non-hydrogen) atoms. The summed E-state index contributed by atoms with van der Waals surface area (Å²) >= 11 is 9.59. The summed E-state index contributed by atoms with van der Waals surface area (Å²) in [7, 11) is 0. The average molecular weight is 648 g/mol. The lowest BCUT2D eigenvalue weighted by atomic mass is 9.95. The van der Waals surface area contributed by atoms with E-state index in [1.807, 2.05) is 24.3 Å². The number of hydrogen-bond acceptors (Lipinski definition) is 9. The second-order valence-electron chi connectivity index (χ2n) is 8.82. The van der Waals surface area contributed by atoms with Gasteiger partial charge >= 0.3 is 12.1 Å². The summed E-state index contributed by atoms with van der Waals surface area (Å²) in [5.74, 6) is -0.905. The molecular weight excluding hydrogens is 631 g/mol. The van der Waals surface area contributed by atoms with Crippen molar-refractivity contribution in [2.24, 2.45) is 4.99 Å². The second-order valence-corrected chi connectivity index (χ2v) is 12.5. The van der Waals surface area contributed by atoms with E-state index in [9.17, 15) is 22.8 Å². The number of ether oxygens (including phenoxy) is 1. The van der Waals surface area contributed by atoms with Crippen molar-refractivity contribution in [2.75, 3.05) is 6.61 Å². The molecule has 1 aliphatic rings. The standard InChI is InChI=1S/C28H17ClF3N3O4S3/c1-2-38-25(37)21-22(14-7-9-15(29)10-8-14)35-24(36)19(40-26(35)34-23(21)28(30,31)32)13-16-11-12-20(39-16)42-27-33-17-5-3-4-6-18(17)41-27/h3-13,22H,2H2,1H3/b19-13+/t22-/m0/s1. The number of hydrogen-bond donors (Lipinski definition) is 0. The van der Waals surface area contributed by atoms with Gasteiger partial charge in [0.15, 0.2) is 19.9 Å². The molecule has 6 rings (SSSR count). The first-order valence-electron chi connectivity index (χ1n) is 12.3. The molecule has 0 amide bonds. The van der Waals surface area contributed by atoms with Gasteiger partial charge in [0.05, 0.1) is 33.0 Å². The third-order valence-electron chi connectivity index (χ3n) is 6.12. The zero-order valence-electron chi connectivity index (χ0n) is 21.3. The Balaban J connectivity index is 1.45. The highest BCUT2D eigenvalue weighted by Gasteiger charge is 2.45. The van der Waals surface area contributed by atoms with Crippen molar-refractivity contribution in [2.45, 2.75) is 28.6 Å². The van der Waals surface area contributed by atoms with E-state index in [-0.39, 0.29) is 21.5 Å². The summed E-state index contributed by atoms with van der Waals surface area (Å²) in [5.41, 5.74) is -1.73. The molecule has 1 aliphatic heterocycles. The first-order valence-corrected chi connectivity index (χ1v) is 15.1. The smallest absolute Gasteiger partial charge is 0.434 e. The van der Waals surface area contributed by atoms with Gasteiger partial charge in [-0.05, 0) is 60.6 Å². The maximum atomic E-state index is 14.3. The van der Waals surface area contributed by atoms with Gasteiger partial charge in [-0.2, -0.15) is 13.2 Å². The van der Waals surface area contributed by atoms with Crippen molar-refractivity contribution in [1.82, 2.24) is 9.55 Å². The molecule has 0 spiro atoms. The highest BCUT2D eigenvalue weighted by Crippen LogP contribution is 2.39. The van der Waals surface area contributed by atoms with E-state index >= 15 is 0 Å². The predicted octanol–water partition coefficient (Wildman–Crippen LogP) is 6.35. The zero-order valence-corrected chi connectivity index (χ0v) is 24.6. The highest BCUT2D eigenvalue weighted by molar-refractivity contribution is 8.01. The first-order chi connectivity index (χ1) is 20.1. The number of thiazole rings is 2. The van der Waals surface area contributed by atoms with E-state index in [2.05, 4.69) is 9.98 Å². The average Bonchev–Trinajstić information content (AvgIpc) is 3.65. The van der Waals surface area contributed by atoms with Crippen molar-refractivity contribution in [3.8, 4) is 0 Å². The fourth-order valence-electron chi connectivity index (χ4n) is 4.38. The summed E-state index contributed by atoms with van der Waals surface area (Å²) in [5, 5.41) is 0.859. The maximum Gasteiger partial charge on any atom is 0.434 e. The Morgan fingerprint density at radius 3 is 2.62 bits per heavy atom. The summed E-state index contributed by atoms with van der Waals surface area (Å²) in [4.78, 5) is 34.7. The van der Waals surface area contributed by atoms with Crippen LogP contribution in [0.1, 0.15) is 24.3 Å². The number of carbonyl (C=O) groups excluding carboxylic acids is 1. The van der Waals surface area contributed by atoms with Gasteiger partial charge in [-0.25, -0.2) is 14.8 Å². The van der Waals surface area contributed by atoms with Crippen molar-refractivity contribution >= 4 is 68.3 Å². The summed E-state index contributed by atoms with van der Waals surface area (Å²) < 4.78 is 56.6. The molecule has 0 N–H and O–H groups in total. The first kappa shape index (κ1) is 28.5. The molecule has 0 saturated carbocycles. The molecule has 0 unspecified atom stereocenters. The van der Waals surface area contributed by atoms with Gasteiger partial charge in [0.2, 0.25) is 0 Å². The molecule has 7 nitrogen and oxygen atoms in total. The highest BCUT2D eigenvalue weighted by atomic mass is 35.5. The molecule has 0 aliphatic carbocycles. The third kappa shape index (κ3) is 5.44. The van der Waals surface area contributed by atoms with Crippen LogP contribution in [-0.2, 0) is 9.53 Å². The molecule has 5 aromatic rings. The van der Waals surface area contributed by atoms with E-state index in [1.54, 1.807) is 12.1 Å². The summed E-state index contributed by atoms with van der Waals surface area (Å²) in [6.07, 6.45) is -3.55. The van der Waals surface area contributed by atoms with E-state index in [0.29, 0.717) is 15.9 Å². The Bertz CT molecular complexity index is 2010. The number of aromatic nitrogens is 2. The van der Waals surface area contributed by atoms with Crippen molar-refractivity contribution in [1.29, 1.82) is 0 Å². The summed E-state index contributed by atoms with van der Waals surface area (Å²) in [6.45, 7) is 1.31. The number of fused-ring (bicyclic) bond motifs is 2. The summed E-state index contributed by atoms with van der Waals surface area (Å²) in [6, 6.07) is 15.5. The van der Waals surface area contributed by atoms with Crippen molar-refractivity contribution < 1.29 is 27.1 Å². The Labute approximate surface area is 252 Å². The molecule has 0 saturated heterocycles. The molecule has 0 fully saturated rings. The third-order valence-corrected chi connectivity index (χ3v) is 9.37. The number of carbonyl (C=O) groups is 1. The van der Waals surface area contributed by atoms with E-state index < -0.39 is 35.0 Å². The van der Waals surface area contributed by atoms with E-state index in [4.69, 9.17) is 20.8 Å². The van der Waals surface area contributed by atoms with Gasteiger partial charge in [-0.15, -0.1) is 11.3 Å². The fraction of sp³-hybridized carbons (Fsp3) is 0.143. The van der Waals surface area contributed by atoms with Crippen LogP contribution in [0.15, 0.2) is 95.6 Å². The Morgan fingerprint density at radius 1 is 1.14 bits per heavy atom. The number of furan rings is 1. The predicted molar refractivity (Wildman–Crippen MR) is 155 cm³/mol. The minimum Gasteiger partial charge on any atom is -0.463 e. The molecule has 214 valence electrons. The molecule has 14 heteroatoms. The fourth-order valence-corrected chi connectivity index (χ4v) is 7.45. The minimum atomic E-state index is -4.99. The SMILES string of the molecule is CCOC(=O)C1=C(C(F)(F)F)N=c2s/c(=C/c3ccc(Sc4nc5ccccc5s4)o3)c(=O)n2[C@H]1c1ccc(Cl)cc1. The lowest BCUT2D eigenvalue weighted by Gasteiger charge is -2.26. The van der Waals surface area contributed by atoms with E-state index in [0.717, 1.165) is 30.5 Å². The quantitative estimate of drug-likeness (QED) is 0.200.